The van der Waals surface area contributed by atoms with Gasteiger partial charge in [-0.05, 0) is 6.42 Å². The summed E-state index contributed by atoms with van der Waals surface area (Å²) in [7, 11) is 0. The minimum atomic E-state index is -4.74. The SMILES string of the molecule is FCCC[B-](F)(F)F.[K+]. The molecule has 0 fully saturated rings. The van der Waals surface area contributed by atoms with Crippen LogP contribution in [0.5, 0.6) is 0 Å². The summed E-state index contributed by atoms with van der Waals surface area (Å²) in [4.78, 5) is 0. The standard InChI is InChI=1S/C3H6BF4.K/c5-3-1-2-4(6,7)8;/h1-3H2;/q-1;+1. The summed E-state index contributed by atoms with van der Waals surface area (Å²) in [5, 5.41) is 0. The molecule has 0 aromatic carbocycles. The Balaban J connectivity index is 0. The Kier molecular flexibility index (Phi) is 8.92. The third kappa shape index (κ3) is 12.6. The maximum Gasteiger partial charge on any atom is 1.00 e. The molecular formula is C3H6BF4K. The Bertz CT molecular complexity index is 63.3. The Morgan fingerprint density at radius 2 is 1.56 bits per heavy atom. The maximum atomic E-state index is 11.1. The van der Waals surface area contributed by atoms with Crippen molar-refractivity contribution < 1.29 is 68.7 Å². The van der Waals surface area contributed by atoms with Crippen molar-refractivity contribution in [3.05, 3.63) is 0 Å². The van der Waals surface area contributed by atoms with Crippen LogP contribution in [0.3, 0.4) is 0 Å². The average molecular weight is 168 g/mol. The molecule has 0 spiro atoms. The smallest absolute Gasteiger partial charge is 0.449 e. The van der Waals surface area contributed by atoms with Gasteiger partial charge in [0.2, 0.25) is 0 Å². The van der Waals surface area contributed by atoms with E-state index in [1.165, 1.54) is 0 Å². The topological polar surface area (TPSA) is 0 Å². The van der Waals surface area contributed by atoms with E-state index in [0.29, 0.717) is 0 Å². The van der Waals surface area contributed by atoms with Crippen molar-refractivity contribution in [2.24, 2.45) is 0 Å². The number of halogens is 4. The third-order valence-electron chi connectivity index (χ3n) is 0.665. The van der Waals surface area contributed by atoms with E-state index in [2.05, 4.69) is 0 Å². The van der Waals surface area contributed by atoms with Crippen molar-refractivity contribution >= 4 is 6.98 Å². The van der Waals surface area contributed by atoms with Gasteiger partial charge in [-0.15, -0.1) is 0 Å². The van der Waals surface area contributed by atoms with E-state index in [9.17, 15) is 17.3 Å². The van der Waals surface area contributed by atoms with Crippen molar-refractivity contribution in [2.45, 2.75) is 12.7 Å². The van der Waals surface area contributed by atoms with E-state index in [4.69, 9.17) is 0 Å². The van der Waals surface area contributed by atoms with Crippen LogP contribution in [-0.4, -0.2) is 13.7 Å². The number of hydrogen-bond donors (Lipinski definition) is 0. The summed E-state index contributed by atoms with van der Waals surface area (Å²) in [6, 6.07) is 0. The number of hydrogen-bond acceptors (Lipinski definition) is 0. The van der Waals surface area contributed by atoms with Gasteiger partial charge in [-0.1, -0.05) is 6.32 Å². The molecule has 0 rings (SSSR count). The van der Waals surface area contributed by atoms with Crippen molar-refractivity contribution in [3.8, 4) is 0 Å². The molecular weight excluding hydrogens is 162 g/mol. The van der Waals surface area contributed by atoms with E-state index in [1.807, 2.05) is 0 Å². The van der Waals surface area contributed by atoms with Gasteiger partial charge in [0.15, 0.2) is 0 Å². The van der Waals surface area contributed by atoms with Crippen molar-refractivity contribution in [1.29, 1.82) is 0 Å². The molecule has 0 aromatic rings. The average Bonchev–Trinajstić information content (AvgIpc) is 1.59. The first-order valence-corrected chi connectivity index (χ1v) is 2.33. The van der Waals surface area contributed by atoms with Gasteiger partial charge < -0.3 is 12.9 Å². The van der Waals surface area contributed by atoms with Crippen LogP contribution < -0.4 is 51.4 Å². The van der Waals surface area contributed by atoms with Gasteiger partial charge >= 0.3 is 58.4 Å². The van der Waals surface area contributed by atoms with Crippen LogP contribution in [0.4, 0.5) is 17.3 Å². The van der Waals surface area contributed by atoms with Gasteiger partial charge in [0.05, 0.1) is 6.67 Å². The molecule has 6 heteroatoms. The molecule has 0 radical (unpaired) electrons. The summed E-state index contributed by atoms with van der Waals surface area (Å²) in [5.41, 5.74) is 0. The van der Waals surface area contributed by atoms with Crippen molar-refractivity contribution in [2.75, 3.05) is 6.67 Å². The molecule has 0 bridgehead atoms. The van der Waals surface area contributed by atoms with Crippen LogP contribution in [0.2, 0.25) is 6.32 Å². The second-order valence-electron chi connectivity index (χ2n) is 1.54. The maximum absolute atomic E-state index is 11.1. The second-order valence-corrected chi connectivity index (χ2v) is 1.54. The monoisotopic (exact) mass is 168 g/mol. The van der Waals surface area contributed by atoms with Crippen molar-refractivity contribution in [3.63, 3.8) is 0 Å². The molecule has 0 aliphatic heterocycles. The zero-order chi connectivity index (χ0) is 6.62. The van der Waals surface area contributed by atoms with Gasteiger partial charge in [-0.25, -0.2) is 0 Å². The van der Waals surface area contributed by atoms with Crippen molar-refractivity contribution in [1.82, 2.24) is 0 Å². The quantitative estimate of drug-likeness (QED) is 0.382. The molecule has 0 N–H and O–H groups in total. The molecule has 0 unspecified atom stereocenters. The number of alkyl halides is 1. The molecule has 0 aliphatic rings. The third-order valence-corrected chi connectivity index (χ3v) is 0.665. The fourth-order valence-corrected chi connectivity index (χ4v) is 0.309. The van der Waals surface area contributed by atoms with Crippen LogP contribution in [0.1, 0.15) is 6.42 Å². The van der Waals surface area contributed by atoms with Gasteiger partial charge in [-0.2, -0.15) is 0 Å². The Morgan fingerprint density at radius 3 is 1.67 bits per heavy atom. The van der Waals surface area contributed by atoms with E-state index >= 15 is 0 Å². The van der Waals surface area contributed by atoms with Crippen LogP contribution in [0.15, 0.2) is 0 Å². The molecule has 0 saturated carbocycles. The normalized spacial score (nSPS) is 10.7. The van der Waals surface area contributed by atoms with Gasteiger partial charge in [0, 0.05) is 0 Å². The Morgan fingerprint density at radius 1 is 1.11 bits per heavy atom. The second kappa shape index (κ2) is 6.15. The van der Waals surface area contributed by atoms with Gasteiger partial charge in [-0.3, -0.25) is 4.39 Å². The minimum absolute atomic E-state index is 0. The van der Waals surface area contributed by atoms with Crippen LogP contribution in [0.25, 0.3) is 0 Å². The molecule has 0 atom stereocenters. The van der Waals surface area contributed by atoms with Gasteiger partial charge in [0.1, 0.15) is 0 Å². The first-order valence-electron chi connectivity index (χ1n) is 2.33. The van der Waals surface area contributed by atoms with Crippen LogP contribution >= 0.6 is 0 Å². The Hall–Kier alpha value is 1.42. The molecule has 9 heavy (non-hydrogen) atoms. The predicted molar refractivity (Wildman–Crippen MR) is 24.5 cm³/mol. The largest absolute Gasteiger partial charge is 1.00 e. The number of rotatable bonds is 3. The fraction of sp³-hybridized carbons (Fsp3) is 1.00. The van der Waals surface area contributed by atoms with Crippen LogP contribution in [0, 0.1) is 0 Å². The molecule has 0 heterocycles. The minimum Gasteiger partial charge on any atom is -0.449 e. The predicted octanol–water partition coefficient (Wildman–Crippen LogP) is -0.803. The van der Waals surface area contributed by atoms with E-state index in [0.717, 1.165) is 0 Å². The first-order chi connectivity index (χ1) is 3.56. The molecule has 0 amide bonds. The summed E-state index contributed by atoms with van der Waals surface area (Å²) in [6.07, 6.45) is -1.33. The van der Waals surface area contributed by atoms with E-state index in [1.54, 1.807) is 0 Å². The first kappa shape index (κ1) is 13.0. The zero-order valence-electron chi connectivity index (χ0n) is 5.21. The van der Waals surface area contributed by atoms with Gasteiger partial charge in [0.25, 0.3) is 0 Å². The summed E-state index contributed by atoms with van der Waals surface area (Å²) >= 11 is 0. The summed E-state index contributed by atoms with van der Waals surface area (Å²) < 4.78 is 44.4. The van der Waals surface area contributed by atoms with E-state index in [-0.39, 0.29) is 57.8 Å². The Labute approximate surface area is 93.9 Å². The fourth-order valence-electron chi connectivity index (χ4n) is 0.309. The van der Waals surface area contributed by atoms with Crippen LogP contribution in [-0.2, 0) is 0 Å². The molecule has 0 saturated heterocycles. The molecule has 0 aliphatic carbocycles. The summed E-state index contributed by atoms with van der Waals surface area (Å²) in [6.45, 7) is -5.62. The zero-order valence-corrected chi connectivity index (χ0v) is 8.33. The van der Waals surface area contributed by atoms with E-state index < -0.39 is 20.0 Å². The molecule has 0 nitrogen and oxygen atoms in total. The molecule has 50 valence electrons. The molecule has 0 aromatic heterocycles. The summed E-state index contributed by atoms with van der Waals surface area (Å²) in [5.74, 6) is 0.